The summed E-state index contributed by atoms with van der Waals surface area (Å²) in [5, 5.41) is 1.80. The number of aryl methyl sites for hydroxylation is 1. The minimum atomic E-state index is 0.216. The fourth-order valence-electron chi connectivity index (χ4n) is 3.72. The van der Waals surface area contributed by atoms with Crippen LogP contribution in [-0.2, 0) is 0 Å². The van der Waals surface area contributed by atoms with Crippen LogP contribution in [0.3, 0.4) is 0 Å². The number of aromatic amines is 1. The lowest BCUT2D eigenvalue weighted by molar-refractivity contribution is -0.892. The molecular weight excluding hydrogens is 346 g/mol. The largest absolute Gasteiger partial charge is 0.360 e. The van der Waals surface area contributed by atoms with Gasteiger partial charge in [-0.15, -0.1) is 0 Å². The van der Waals surface area contributed by atoms with Crippen LogP contribution in [0, 0.1) is 6.92 Å². The van der Waals surface area contributed by atoms with E-state index in [2.05, 4.69) is 35.0 Å². The number of nitrogens with one attached hydrogen (secondary N) is 2. The molecule has 1 saturated heterocycles. The monoisotopic (exact) mass is 368 g/mol. The highest BCUT2D eigenvalue weighted by Gasteiger charge is 2.24. The summed E-state index contributed by atoms with van der Waals surface area (Å²) < 4.78 is 0. The maximum atomic E-state index is 12.8. The van der Waals surface area contributed by atoms with Crippen molar-refractivity contribution >= 4 is 34.0 Å². The molecule has 0 aliphatic carbocycles. The Morgan fingerprint density at radius 3 is 2.77 bits per heavy atom. The Labute approximate surface area is 158 Å². The molecule has 0 saturated carbocycles. The van der Waals surface area contributed by atoms with E-state index in [4.69, 9.17) is 11.6 Å². The highest BCUT2D eigenvalue weighted by atomic mass is 35.5. The molecule has 2 aromatic carbocycles. The molecule has 0 radical (unpaired) electrons. The molecule has 2 N–H and O–H groups in total. The van der Waals surface area contributed by atoms with E-state index in [0.717, 1.165) is 53.4 Å². The third kappa shape index (κ3) is 3.48. The van der Waals surface area contributed by atoms with Gasteiger partial charge in [-0.3, -0.25) is 4.79 Å². The molecule has 4 nitrogen and oxygen atoms in total. The summed E-state index contributed by atoms with van der Waals surface area (Å²) in [4.78, 5) is 19.7. The van der Waals surface area contributed by atoms with E-state index >= 15 is 0 Å². The molecule has 0 atom stereocenters. The number of hydrogen-bond acceptors (Lipinski definition) is 2. The predicted octanol–water partition coefficient (Wildman–Crippen LogP) is 2.72. The van der Waals surface area contributed by atoms with Gasteiger partial charge in [0, 0.05) is 33.4 Å². The molecule has 0 unspecified atom stereocenters. The van der Waals surface area contributed by atoms with Crippen LogP contribution in [0.25, 0.3) is 10.9 Å². The SMILES string of the molecule is Cc1ccc2[nH]cc(C(=O)C[NH+]3CCN(c4cccc(Cl)c4)CC3)c2c1. The standard InChI is InChI=1S/C21H22ClN3O/c1-15-5-6-20-18(11-15)19(13-23-20)21(26)14-24-7-9-25(10-8-24)17-4-2-3-16(22)12-17/h2-6,11-13,23H,7-10,14H2,1H3/p+1. The van der Waals surface area contributed by atoms with Crippen molar-refractivity contribution in [3.8, 4) is 0 Å². The lowest BCUT2D eigenvalue weighted by Crippen LogP contribution is -3.15. The Kier molecular flexibility index (Phi) is 4.70. The molecule has 0 amide bonds. The number of quaternary nitrogens is 1. The molecule has 1 fully saturated rings. The Balaban J connectivity index is 1.41. The molecule has 1 aliphatic heterocycles. The van der Waals surface area contributed by atoms with Gasteiger partial charge in [0.1, 0.15) is 6.54 Å². The molecule has 5 heteroatoms. The Morgan fingerprint density at radius 2 is 2.00 bits per heavy atom. The first-order valence-electron chi connectivity index (χ1n) is 9.05. The molecule has 3 aromatic rings. The number of piperazine rings is 1. The second-order valence-electron chi connectivity index (χ2n) is 7.07. The van der Waals surface area contributed by atoms with E-state index in [9.17, 15) is 4.79 Å². The van der Waals surface area contributed by atoms with Gasteiger partial charge < -0.3 is 14.8 Å². The van der Waals surface area contributed by atoms with Crippen LogP contribution in [0.1, 0.15) is 15.9 Å². The van der Waals surface area contributed by atoms with E-state index in [1.165, 1.54) is 10.5 Å². The van der Waals surface area contributed by atoms with Gasteiger partial charge >= 0.3 is 0 Å². The first kappa shape index (κ1) is 17.1. The van der Waals surface area contributed by atoms with E-state index in [-0.39, 0.29) is 5.78 Å². The summed E-state index contributed by atoms with van der Waals surface area (Å²) >= 11 is 6.10. The molecule has 1 aliphatic rings. The van der Waals surface area contributed by atoms with Gasteiger partial charge in [-0.2, -0.15) is 0 Å². The molecule has 0 bridgehead atoms. The number of H-pyrrole nitrogens is 1. The lowest BCUT2D eigenvalue weighted by Gasteiger charge is -2.33. The van der Waals surface area contributed by atoms with Gasteiger partial charge in [0.2, 0.25) is 5.78 Å². The highest BCUT2D eigenvalue weighted by molar-refractivity contribution is 6.30. The van der Waals surface area contributed by atoms with Gasteiger partial charge in [0.05, 0.1) is 26.2 Å². The van der Waals surface area contributed by atoms with Gasteiger partial charge in [0.15, 0.2) is 0 Å². The van der Waals surface area contributed by atoms with E-state index in [0.29, 0.717) is 6.54 Å². The van der Waals surface area contributed by atoms with Crippen molar-refractivity contribution in [3.63, 3.8) is 0 Å². The smallest absolute Gasteiger partial charge is 0.219 e. The predicted molar refractivity (Wildman–Crippen MR) is 107 cm³/mol. The van der Waals surface area contributed by atoms with Crippen LogP contribution in [0.5, 0.6) is 0 Å². The third-order valence-corrected chi connectivity index (χ3v) is 5.43. The number of ketones is 1. The summed E-state index contributed by atoms with van der Waals surface area (Å²) in [7, 11) is 0. The molecular formula is C21H23ClN3O+. The number of anilines is 1. The minimum absolute atomic E-state index is 0.216. The fourth-order valence-corrected chi connectivity index (χ4v) is 3.90. The average molecular weight is 369 g/mol. The molecule has 1 aromatic heterocycles. The number of hydrogen-bond donors (Lipinski definition) is 2. The maximum absolute atomic E-state index is 12.8. The molecule has 134 valence electrons. The second kappa shape index (κ2) is 7.14. The van der Waals surface area contributed by atoms with Gasteiger partial charge in [-0.25, -0.2) is 0 Å². The zero-order valence-corrected chi connectivity index (χ0v) is 15.6. The minimum Gasteiger partial charge on any atom is -0.360 e. The number of carbonyl (C=O) groups excluding carboxylic acids is 1. The summed E-state index contributed by atoms with van der Waals surface area (Å²) in [5.41, 5.74) is 4.18. The van der Waals surface area contributed by atoms with Crippen LogP contribution in [0.4, 0.5) is 5.69 Å². The fraction of sp³-hybridized carbons (Fsp3) is 0.286. The summed E-state index contributed by atoms with van der Waals surface area (Å²) in [5.74, 6) is 0.216. The third-order valence-electron chi connectivity index (χ3n) is 5.19. The van der Waals surface area contributed by atoms with Gasteiger partial charge in [-0.05, 0) is 37.3 Å². The highest BCUT2D eigenvalue weighted by Crippen LogP contribution is 2.20. The quantitative estimate of drug-likeness (QED) is 0.695. The number of benzene rings is 2. The van der Waals surface area contributed by atoms with Crippen LogP contribution in [0.15, 0.2) is 48.7 Å². The Hall–Kier alpha value is -2.30. The summed E-state index contributed by atoms with van der Waals surface area (Å²) in [6.45, 7) is 6.40. The number of fused-ring (bicyclic) bond motifs is 1. The number of carbonyl (C=O) groups is 1. The van der Waals surface area contributed by atoms with Gasteiger partial charge in [-0.1, -0.05) is 29.3 Å². The van der Waals surface area contributed by atoms with Crippen molar-refractivity contribution in [1.82, 2.24) is 4.98 Å². The van der Waals surface area contributed by atoms with E-state index in [1.54, 1.807) is 0 Å². The zero-order chi connectivity index (χ0) is 18.1. The topological polar surface area (TPSA) is 40.5 Å². The normalized spacial score (nSPS) is 15.5. The van der Waals surface area contributed by atoms with Crippen molar-refractivity contribution in [3.05, 3.63) is 64.8 Å². The molecule has 2 heterocycles. The zero-order valence-electron chi connectivity index (χ0n) is 14.9. The van der Waals surface area contributed by atoms with Crippen LogP contribution in [0.2, 0.25) is 5.02 Å². The van der Waals surface area contributed by atoms with Gasteiger partial charge in [0.25, 0.3) is 0 Å². The number of Topliss-reactive ketones (excluding diaryl/α,β-unsaturated/α-hetero) is 1. The number of halogens is 1. The molecule has 26 heavy (non-hydrogen) atoms. The van der Waals surface area contributed by atoms with Crippen molar-refractivity contribution in [2.45, 2.75) is 6.92 Å². The number of aromatic nitrogens is 1. The second-order valence-corrected chi connectivity index (χ2v) is 7.50. The Morgan fingerprint density at radius 1 is 1.19 bits per heavy atom. The first-order chi connectivity index (χ1) is 12.6. The molecule has 4 rings (SSSR count). The van der Waals surface area contributed by atoms with Crippen molar-refractivity contribution in [1.29, 1.82) is 0 Å². The summed E-state index contributed by atoms with van der Waals surface area (Å²) in [6.07, 6.45) is 1.86. The van der Waals surface area contributed by atoms with E-state index in [1.807, 2.05) is 30.5 Å². The lowest BCUT2D eigenvalue weighted by atomic mass is 10.1. The van der Waals surface area contributed by atoms with Crippen LogP contribution in [-0.4, -0.2) is 43.5 Å². The van der Waals surface area contributed by atoms with Crippen molar-refractivity contribution in [2.75, 3.05) is 37.6 Å². The van der Waals surface area contributed by atoms with Crippen molar-refractivity contribution < 1.29 is 9.69 Å². The Bertz CT molecular complexity index is 941. The average Bonchev–Trinajstić information content (AvgIpc) is 3.05. The summed E-state index contributed by atoms with van der Waals surface area (Å²) in [6, 6.07) is 14.2. The maximum Gasteiger partial charge on any atom is 0.219 e. The first-order valence-corrected chi connectivity index (χ1v) is 9.43. The number of rotatable bonds is 4. The number of nitrogens with zero attached hydrogens (tertiary/aromatic N) is 1. The van der Waals surface area contributed by atoms with Crippen LogP contribution >= 0.6 is 11.6 Å². The molecule has 0 spiro atoms. The van der Waals surface area contributed by atoms with Crippen LogP contribution < -0.4 is 9.80 Å². The van der Waals surface area contributed by atoms with Crippen molar-refractivity contribution in [2.24, 2.45) is 0 Å². The van der Waals surface area contributed by atoms with E-state index < -0.39 is 0 Å².